The summed E-state index contributed by atoms with van der Waals surface area (Å²) < 4.78 is 9.32. The second-order valence-corrected chi connectivity index (χ2v) is 7.34. The van der Waals surface area contributed by atoms with Gasteiger partial charge in [0, 0.05) is 19.0 Å². The summed E-state index contributed by atoms with van der Waals surface area (Å²) >= 11 is 0. The molecule has 2 aromatic rings. The van der Waals surface area contributed by atoms with E-state index in [2.05, 4.69) is 5.32 Å². The van der Waals surface area contributed by atoms with Crippen LogP contribution in [0.4, 0.5) is 4.79 Å². The van der Waals surface area contributed by atoms with E-state index in [1.54, 1.807) is 0 Å². The Balaban J connectivity index is 1.54. The lowest BCUT2D eigenvalue weighted by atomic mass is 10.2. The van der Waals surface area contributed by atoms with E-state index in [1.165, 1.54) is 19.3 Å². The van der Waals surface area contributed by atoms with Gasteiger partial charge < -0.3 is 24.6 Å². The first kappa shape index (κ1) is 24.1. The number of ether oxygens (including phenoxy) is 2. The van der Waals surface area contributed by atoms with Crippen LogP contribution in [0.3, 0.4) is 0 Å². The number of rotatable bonds is 12. The summed E-state index contributed by atoms with van der Waals surface area (Å²) in [6.45, 7) is 0.940. The van der Waals surface area contributed by atoms with Gasteiger partial charge in [-0.2, -0.15) is 0 Å². The Hall–Kier alpha value is -3.16. The smallest absolute Gasteiger partial charge is 0.508 e. The van der Waals surface area contributed by atoms with Crippen molar-refractivity contribution in [1.82, 2.24) is 5.32 Å². The minimum Gasteiger partial charge on any atom is -0.628 e. The maximum atomic E-state index is 12.4. The van der Waals surface area contributed by atoms with E-state index in [4.69, 9.17) is 9.47 Å². The minimum atomic E-state index is -0.782. The third kappa shape index (κ3) is 11.0. The number of hydroxylamine groups is 3. The predicted octanol–water partition coefficient (Wildman–Crippen LogP) is 4.28. The molecule has 0 bridgehead atoms. The van der Waals surface area contributed by atoms with Gasteiger partial charge in [0.25, 0.3) is 0 Å². The summed E-state index contributed by atoms with van der Waals surface area (Å²) in [7, 11) is 1.51. The van der Waals surface area contributed by atoms with Crippen LogP contribution in [-0.4, -0.2) is 36.9 Å². The summed E-state index contributed by atoms with van der Waals surface area (Å²) in [6.07, 6.45) is 3.78. The molecule has 166 valence electrons. The molecule has 7 nitrogen and oxygen atoms in total. The van der Waals surface area contributed by atoms with Crippen LogP contribution >= 0.6 is 0 Å². The van der Waals surface area contributed by atoms with Crippen molar-refractivity contribution in [2.45, 2.75) is 32.4 Å². The molecule has 0 aromatic heterocycles. The lowest BCUT2D eigenvalue weighted by Crippen LogP contribution is -2.32. The van der Waals surface area contributed by atoms with Crippen LogP contribution in [-0.2, 0) is 27.4 Å². The fourth-order valence-electron chi connectivity index (χ4n) is 2.81. The van der Waals surface area contributed by atoms with Crippen LogP contribution < -0.4 is 5.32 Å². The number of unbranched alkanes of at least 4 members (excludes halogenated alkanes) is 1. The first-order valence-corrected chi connectivity index (χ1v) is 10.3. The second-order valence-electron chi connectivity index (χ2n) is 7.34. The number of nitrogens with zero attached hydrogens (tertiary/aromatic N) is 1. The van der Waals surface area contributed by atoms with Gasteiger partial charge in [0.05, 0.1) is 19.8 Å². The Kier molecular flexibility index (Phi) is 10.3. The van der Waals surface area contributed by atoms with E-state index in [9.17, 15) is 14.8 Å². The molecule has 0 fully saturated rings. The molecule has 31 heavy (non-hydrogen) atoms. The molecule has 0 aliphatic rings. The lowest BCUT2D eigenvalue weighted by Gasteiger charge is -2.34. The third-order valence-electron chi connectivity index (χ3n) is 4.51. The average molecular weight is 427 g/mol. The summed E-state index contributed by atoms with van der Waals surface area (Å²) in [5.41, 5.74) is 1.92. The van der Waals surface area contributed by atoms with Gasteiger partial charge in [-0.05, 0) is 24.0 Å². The highest BCUT2D eigenvalue weighted by Crippen LogP contribution is 2.07. The molecule has 1 unspecified atom stereocenters. The highest BCUT2D eigenvalue weighted by Gasteiger charge is 2.08. The molecule has 2 rings (SSSR count). The molecule has 0 spiro atoms. The van der Waals surface area contributed by atoms with Gasteiger partial charge >= 0.3 is 6.16 Å². The van der Waals surface area contributed by atoms with Gasteiger partial charge in [-0.15, -0.1) is 0 Å². The van der Waals surface area contributed by atoms with Crippen molar-refractivity contribution in [3.05, 3.63) is 89.3 Å². The summed E-state index contributed by atoms with van der Waals surface area (Å²) in [5.74, 6) is -0.0260. The van der Waals surface area contributed by atoms with Crippen molar-refractivity contribution in [2.24, 2.45) is 0 Å². The van der Waals surface area contributed by atoms with Crippen LogP contribution in [0, 0.1) is 5.21 Å². The molecule has 0 saturated carbocycles. The van der Waals surface area contributed by atoms with E-state index >= 15 is 0 Å². The summed E-state index contributed by atoms with van der Waals surface area (Å²) in [5, 5.41) is 15.3. The lowest BCUT2D eigenvalue weighted by molar-refractivity contribution is -0.808. The molecule has 0 radical (unpaired) electrons. The maximum absolute atomic E-state index is 12.4. The molecule has 0 heterocycles. The van der Waals surface area contributed by atoms with E-state index in [0.717, 1.165) is 11.1 Å². The van der Waals surface area contributed by atoms with Gasteiger partial charge in [0.15, 0.2) is 0 Å². The van der Waals surface area contributed by atoms with Crippen LogP contribution in [0.5, 0.6) is 0 Å². The Morgan fingerprint density at radius 3 is 2.29 bits per heavy atom. The molecular weight excluding hydrogens is 396 g/mol. The van der Waals surface area contributed by atoms with Crippen molar-refractivity contribution in [3.63, 3.8) is 0 Å². The molecule has 0 aliphatic heterocycles. The molecule has 7 heteroatoms. The maximum Gasteiger partial charge on any atom is 0.508 e. The molecule has 1 atom stereocenters. The van der Waals surface area contributed by atoms with Crippen molar-refractivity contribution >= 4 is 12.1 Å². The van der Waals surface area contributed by atoms with Crippen LogP contribution in [0.25, 0.3) is 0 Å². The quantitative estimate of drug-likeness (QED) is 0.237. The monoisotopic (exact) mass is 426 g/mol. The number of nitrogens with one attached hydrogen (secondary N) is 1. The number of carbonyl (C=O) groups is 2. The standard InChI is InChI=1S/C24H30N2O5/c1-26(29,16-9-8-15-23(27)25-19-21-11-4-2-5-12-21)17-10-18-30-24(28)31-20-22-13-6-3-7-14-22/h2-7,10-14,17H,8-9,15-16,18-20H2,1H3,(H,25,27). The van der Waals surface area contributed by atoms with E-state index in [-0.39, 0.29) is 19.1 Å². The fraction of sp³-hybridized carbons (Fsp3) is 0.333. The first-order chi connectivity index (χ1) is 14.9. The second kappa shape index (κ2) is 13.2. The normalized spacial score (nSPS) is 12.8. The number of amides is 1. The van der Waals surface area contributed by atoms with Gasteiger partial charge in [-0.25, -0.2) is 4.79 Å². The number of hydrogen-bond acceptors (Lipinski definition) is 5. The number of hydrogen-bond donors (Lipinski definition) is 1. The zero-order valence-electron chi connectivity index (χ0n) is 17.9. The molecule has 2 aromatic carbocycles. The van der Waals surface area contributed by atoms with Crippen LogP contribution in [0.2, 0.25) is 0 Å². The number of quaternary nitrogens is 1. The van der Waals surface area contributed by atoms with Crippen LogP contribution in [0.1, 0.15) is 30.4 Å². The van der Waals surface area contributed by atoms with Gasteiger partial charge in [0.1, 0.15) is 13.2 Å². The Morgan fingerprint density at radius 1 is 0.968 bits per heavy atom. The largest absolute Gasteiger partial charge is 0.628 e. The van der Waals surface area contributed by atoms with Crippen molar-refractivity contribution in [2.75, 3.05) is 20.2 Å². The zero-order valence-corrected chi connectivity index (χ0v) is 17.9. The highest BCUT2D eigenvalue weighted by atomic mass is 16.7. The fourth-order valence-corrected chi connectivity index (χ4v) is 2.81. The van der Waals surface area contributed by atoms with Crippen molar-refractivity contribution in [1.29, 1.82) is 0 Å². The van der Waals surface area contributed by atoms with Crippen molar-refractivity contribution < 1.29 is 23.7 Å². The minimum absolute atomic E-state index is 0.0260. The predicted molar refractivity (Wildman–Crippen MR) is 118 cm³/mol. The van der Waals surface area contributed by atoms with Gasteiger partial charge in [-0.3, -0.25) is 4.79 Å². The van der Waals surface area contributed by atoms with Gasteiger partial charge in [-0.1, -0.05) is 60.7 Å². The van der Waals surface area contributed by atoms with Crippen molar-refractivity contribution in [3.8, 4) is 0 Å². The molecule has 0 saturated heterocycles. The molecule has 1 N–H and O–H groups in total. The SMILES string of the molecule is C[N+]([O-])(C=CCOC(=O)OCc1ccccc1)CCCCC(=O)NCc1ccccc1. The Morgan fingerprint density at radius 2 is 1.61 bits per heavy atom. The topological polar surface area (TPSA) is 87.7 Å². The third-order valence-corrected chi connectivity index (χ3v) is 4.51. The highest BCUT2D eigenvalue weighted by molar-refractivity contribution is 5.75. The van der Waals surface area contributed by atoms with E-state index in [1.807, 2.05) is 60.7 Å². The number of benzene rings is 2. The van der Waals surface area contributed by atoms with Gasteiger partial charge in [0.2, 0.25) is 5.91 Å². The average Bonchev–Trinajstić information content (AvgIpc) is 2.78. The molecule has 0 aliphatic carbocycles. The Bertz CT molecular complexity index is 822. The molecule has 1 amide bonds. The first-order valence-electron chi connectivity index (χ1n) is 10.3. The summed E-state index contributed by atoms with van der Waals surface area (Å²) in [4.78, 5) is 23.5. The molecular formula is C24H30N2O5. The van der Waals surface area contributed by atoms with E-state index in [0.29, 0.717) is 32.4 Å². The zero-order chi connectivity index (χ0) is 22.4. The Labute approximate surface area is 183 Å². The number of carbonyl (C=O) groups excluding carboxylic acids is 2. The van der Waals surface area contributed by atoms with E-state index < -0.39 is 10.8 Å². The van der Waals surface area contributed by atoms with Crippen LogP contribution in [0.15, 0.2) is 72.9 Å². The summed E-state index contributed by atoms with van der Waals surface area (Å²) in [6, 6.07) is 19.0.